The minimum Gasteiger partial charge on any atom is -1.00 e. The molecule has 0 saturated heterocycles. The molecule has 0 aliphatic rings. The summed E-state index contributed by atoms with van der Waals surface area (Å²) < 4.78 is 4.14. The van der Waals surface area contributed by atoms with Crippen LogP contribution in [-0.4, -0.2) is 24.7 Å². The van der Waals surface area contributed by atoms with Gasteiger partial charge in [-0.25, -0.2) is 0 Å². The lowest BCUT2D eigenvalue weighted by Gasteiger charge is -2.31. The maximum atomic E-state index is 15.1. The van der Waals surface area contributed by atoms with Crippen molar-refractivity contribution < 1.29 is 43.5 Å². The third-order valence-corrected chi connectivity index (χ3v) is 11.4. The van der Waals surface area contributed by atoms with Crippen LogP contribution in [0.4, 0.5) is 22.7 Å². The summed E-state index contributed by atoms with van der Waals surface area (Å²) >= 11 is 0. The number of carbonyl (C=O) groups is 2. The Balaban J connectivity index is 0.00000293. The molecule has 12 heteroatoms. The maximum absolute atomic E-state index is 15.1. The lowest BCUT2D eigenvalue weighted by Crippen LogP contribution is -3.00. The topological polar surface area (TPSA) is 198 Å². The van der Waals surface area contributed by atoms with E-state index in [1.54, 1.807) is 12.1 Å². The molecule has 8 rings (SSSR count). The Hall–Kier alpha value is -6.30. The van der Waals surface area contributed by atoms with Crippen LogP contribution in [0.5, 0.6) is 0 Å². The third-order valence-electron chi connectivity index (χ3n) is 11.4. The summed E-state index contributed by atoms with van der Waals surface area (Å²) in [5.74, 6) is -0.672. The van der Waals surface area contributed by atoms with Gasteiger partial charge >= 0.3 is 0 Å². The number of nitrogens with zero attached hydrogens (tertiary/aromatic N) is 2. The number of carbonyl (C=O) groups excluding carboxylic acids is 2. The van der Waals surface area contributed by atoms with Crippen LogP contribution >= 0.6 is 0 Å². The molecule has 0 aliphatic carbocycles. The molecule has 0 saturated carbocycles. The van der Waals surface area contributed by atoms with Crippen molar-refractivity contribution >= 4 is 77.7 Å². The number of nitrogens with two attached hydrogens (primary N) is 6. The predicted molar refractivity (Wildman–Crippen MR) is 232 cm³/mol. The first-order chi connectivity index (χ1) is 27.4. The first-order valence-electron chi connectivity index (χ1n) is 19.0. The second kappa shape index (κ2) is 16.5. The van der Waals surface area contributed by atoms with E-state index in [2.05, 4.69) is 9.13 Å². The van der Waals surface area contributed by atoms with E-state index in [4.69, 9.17) is 34.4 Å². The van der Waals surface area contributed by atoms with Crippen LogP contribution in [0.1, 0.15) is 33.6 Å². The van der Waals surface area contributed by atoms with E-state index >= 15 is 9.59 Å². The van der Waals surface area contributed by atoms with Gasteiger partial charge in [0.15, 0.2) is 11.6 Å². The maximum Gasteiger partial charge on any atom is 0.220 e. The van der Waals surface area contributed by atoms with Gasteiger partial charge in [0.1, 0.15) is 14.1 Å². The highest BCUT2D eigenvalue weighted by molar-refractivity contribution is 6.21. The Morgan fingerprint density at radius 1 is 0.475 bits per heavy atom. The van der Waals surface area contributed by atoms with Crippen molar-refractivity contribution in [3.8, 4) is 22.5 Å². The molecule has 0 spiro atoms. The fraction of sp³-hybridized carbons (Fsp3) is 0.149. The number of ketones is 2. The molecule has 0 fully saturated rings. The van der Waals surface area contributed by atoms with Gasteiger partial charge in [-0.15, -0.1) is 0 Å². The zero-order chi connectivity index (χ0) is 40.2. The van der Waals surface area contributed by atoms with Gasteiger partial charge < -0.3 is 59.2 Å². The molecule has 6 aromatic carbocycles. The van der Waals surface area contributed by atoms with E-state index in [9.17, 15) is 0 Å². The van der Waals surface area contributed by atoms with Crippen LogP contribution < -0.4 is 68.4 Å². The van der Waals surface area contributed by atoms with Gasteiger partial charge in [0.25, 0.3) is 0 Å². The summed E-state index contributed by atoms with van der Waals surface area (Å²) in [5.41, 5.74) is 44.5. The van der Waals surface area contributed by atoms with Crippen LogP contribution in [0.3, 0.4) is 0 Å². The van der Waals surface area contributed by atoms with Crippen molar-refractivity contribution in [2.45, 2.75) is 12.8 Å². The Bertz CT molecular complexity index is 2770. The standard InChI is InChI=1S/C47H44N8O2.2ClH/c1-54-41-25-33(52)11-15-37(41)35-13-9-31(50)23-39(35)43(54)27-5-3-7-29(21-27)45(56)47(17-19-48,18-20-49)46(57)30-8-4-6-28(22-30)44-40-24-32(51)10-14-36(40)38-16-12-34(53)26-42(38)55(44)2;;/h3-16,21-26,52-53H,17-20,48-51H2,1-2H3;2*1H. The van der Waals surface area contributed by atoms with E-state index in [1.807, 2.05) is 123 Å². The first kappa shape index (κ1) is 42.3. The average Bonchev–Trinajstić information content (AvgIpc) is 3.20. The average molecular weight is 826 g/mol. The van der Waals surface area contributed by atoms with Crippen molar-refractivity contribution in [3.05, 3.63) is 132 Å². The van der Waals surface area contributed by atoms with E-state index in [-0.39, 0.29) is 62.3 Å². The Morgan fingerprint density at radius 3 is 1.20 bits per heavy atom. The number of Topliss-reactive ketones (excluding diaryl/α,β-unsaturated/α-hetero) is 2. The lowest BCUT2D eigenvalue weighted by atomic mass is 9.69. The van der Waals surface area contributed by atoms with Crippen molar-refractivity contribution in [2.75, 3.05) is 36.0 Å². The van der Waals surface area contributed by atoms with Gasteiger partial charge in [-0.2, -0.15) is 9.13 Å². The summed E-state index contributed by atoms with van der Waals surface area (Å²) in [6, 6.07) is 38.1. The number of benzene rings is 6. The lowest BCUT2D eigenvalue weighted by molar-refractivity contribution is -0.632. The zero-order valence-corrected chi connectivity index (χ0v) is 34.3. The fourth-order valence-corrected chi connectivity index (χ4v) is 8.74. The van der Waals surface area contributed by atoms with Crippen LogP contribution in [-0.2, 0) is 14.1 Å². The SMILES string of the molecule is C[n+]1c(-c2cccc(C(=O)C(CCN)(CCN)C(=O)c3cccc(-c4c5cc(N)ccc5c5ccc(N)cc5[n+]4C)c3)c2)c2cc(N)ccc2c2ccc(N)cc21.[Cl-].[Cl-]. The number of pyridine rings is 2. The number of aromatic nitrogens is 2. The van der Waals surface area contributed by atoms with Gasteiger partial charge in [-0.3, -0.25) is 9.59 Å². The second-order valence-corrected chi connectivity index (χ2v) is 15.0. The number of rotatable bonds is 10. The third kappa shape index (κ3) is 7.14. The molecule has 0 amide bonds. The van der Waals surface area contributed by atoms with Gasteiger partial charge in [0, 0.05) is 67.9 Å². The Morgan fingerprint density at radius 2 is 0.831 bits per heavy atom. The van der Waals surface area contributed by atoms with Crippen LogP contribution in [0.25, 0.3) is 65.9 Å². The second-order valence-electron chi connectivity index (χ2n) is 15.0. The van der Waals surface area contributed by atoms with Crippen molar-refractivity contribution in [1.82, 2.24) is 0 Å². The number of nitrogen functional groups attached to an aromatic ring is 4. The van der Waals surface area contributed by atoms with Gasteiger partial charge in [-0.05, 0) is 98.7 Å². The highest BCUT2D eigenvalue weighted by Crippen LogP contribution is 2.39. The smallest absolute Gasteiger partial charge is 0.220 e. The number of hydrogen-bond donors (Lipinski definition) is 6. The molecule has 10 nitrogen and oxygen atoms in total. The summed E-state index contributed by atoms with van der Waals surface area (Å²) in [7, 11) is 3.94. The minimum atomic E-state index is -1.53. The molecule has 2 heterocycles. The number of anilines is 4. The van der Waals surface area contributed by atoms with E-state index < -0.39 is 5.41 Å². The first-order valence-corrected chi connectivity index (χ1v) is 19.0. The molecular formula is C47H46Cl2N8O2. The number of halogens is 2. The zero-order valence-electron chi connectivity index (χ0n) is 32.8. The summed E-state index contributed by atoms with van der Waals surface area (Å²) in [5, 5.41) is 5.88. The number of aryl methyl sites for hydroxylation is 2. The van der Waals surface area contributed by atoms with Crippen LogP contribution in [0.15, 0.2) is 121 Å². The molecule has 2 aromatic heterocycles. The largest absolute Gasteiger partial charge is 1.00 e. The summed E-state index contributed by atoms with van der Waals surface area (Å²) in [6.45, 7) is 0.208. The van der Waals surface area contributed by atoms with Crippen molar-refractivity contribution in [3.63, 3.8) is 0 Å². The summed E-state index contributed by atoms with van der Waals surface area (Å²) in [4.78, 5) is 30.2. The molecular weight excluding hydrogens is 779 g/mol. The van der Waals surface area contributed by atoms with E-state index in [1.165, 1.54) is 0 Å². The molecule has 59 heavy (non-hydrogen) atoms. The van der Waals surface area contributed by atoms with Crippen LogP contribution in [0, 0.1) is 5.41 Å². The van der Waals surface area contributed by atoms with Gasteiger partial charge in [0.2, 0.25) is 22.4 Å². The van der Waals surface area contributed by atoms with E-state index in [0.717, 1.165) is 65.9 Å². The number of hydrogen-bond acceptors (Lipinski definition) is 8. The monoisotopic (exact) mass is 824 g/mol. The molecule has 0 aliphatic heterocycles. The minimum absolute atomic E-state index is 0. The Kier molecular flexibility index (Phi) is 11.8. The molecule has 8 aromatic rings. The van der Waals surface area contributed by atoms with Gasteiger partial charge in [0.05, 0.1) is 27.0 Å². The molecule has 0 radical (unpaired) electrons. The highest BCUT2D eigenvalue weighted by Gasteiger charge is 2.45. The quantitative estimate of drug-likeness (QED) is 0.0374. The molecule has 0 unspecified atom stereocenters. The summed E-state index contributed by atoms with van der Waals surface area (Å²) in [6.07, 6.45) is 0.225. The normalized spacial score (nSPS) is 11.5. The van der Waals surface area contributed by atoms with Crippen LogP contribution in [0.2, 0.25) is 0 Å². The van der Waals surface area contributed by atoms with Crippen molar-refractivity contribution in [2.24, 2.45) is 31.0 Å². The van der Waals surface area contributed by atoms with Crippen molar-refractivity contribution in [1.29, 1.82) is 0 Å². The highest BCUT2D eigenvalue weighted by atomic mass is 35.5. The number of fused-ring (bicyclic) bond motifs is 6. The molecule has 0 atom stereocenters. The Labute approximate surface area is 354 Å². The predicted octanol–water partition coefficient (Wildman–Crippen LogP) is 0.369. The molecule has 0 bridgehead atoms. The van der Waals surface area contributed by atoms with Gasteiger partial charge in [-0.1, -0.05) is 36.4 Å². The molecule has 12 N–H and O–H groups in total. The fourth-order valence-electron chi connectivity index (χ4n) is 8.74. The van der Waals surface area contributed by atoms with E-state index in [0.29, 0.717) is 33.9 Å². The molecule has 300 valence electrons.